The predicted octanol–water partition coefficient (Wildman–Crippen LogP) is 1.01. The standard InChI is InChI=1S/C10H9F3N2O4S/c1-6(16)15-20(18,19)8-4-2-7(3-5-8)14-9(17)10(11,12)13/h2-5H,1H3,(H,14,17)(H,15,16). The van der Waals surface area contributed by atoms with Gasteiger partial charge in [-0.25, -0.2) is 13.1 Å². The van der Waals surface area contributed by atoms with Gasteiger partial charge in [-0.2, -0.15) is 13.2 Å². The van der Waals surface area contributed by atoms with Crippen LogP contribution in [0.2, 0.25) is 0 Å². The Morgan fingerprint density at radius 1 is 1.10 bits per heavy atom. The zero-order chi connectivity index (χ0) is 15.6. The quantitative estimate of drug-likeness (QED) is 0.871. The molecule has 0 aliphatic heterocycles. The Kier molecular flexibility index (Phi) is 4.38. The highest BCUT2D eigenvalue weighted by Gasteiger charge is 2.38. The van der Waals surface area contributed by atoms with E-state index in [9.17, 15) is 31.2 Å². The molecule has 2 amide bonds. The number of carbonyl (C=O) groups excluding carboxylic acids is 2. The average molecular weight is 310 g/mol. The number of carbonyl (C=O) groups is 2. The van der Waals surface area contributed by atoms with Crippen LogP contribution in [-0.4, -0.2) is 26.4 Å². The number of nitrogens with one attached hydrogen (secondary N) is 2. The first-order valence-corrected chi connectivity index (χ1v) is 6.52. The van der Waals surface area contributed by atoms with Crippen LogP contribution < -0.4 is 10.0 Å². The van der Waals surface area contributed by atoms with Crippen LogP contribution in [-0.2, 0) is 19.6 Å². The number of sulfonamides is 1. The number of halogens is 3. The van der Waals surface area contributed by atoms with Crippen molar-refractivity contribution in [1.29, 1.82) is 0 Å². The Balaban J connectivity index is 2.90. The first-order valence-electron chi connectivity index (χ1n) is 5.04. The molecule has 0 aliphatic rings. The van der Waals surface area contributed by atoms with E-state index in [1.807, 2.05) is 0 Å². The molecule has 0 aromatic heterocycles. The van der Waals surface area contributed by atoms with Gasteiger partial charge in [-0.15, -0.1) is 0 Å². The summed E-state index contributed by atoms with van der Waals surface area (Å²) in [6.07, 6.45) is -5.04. The van der Waals surface area contributed by atoms with Crippen molar-refractivity contribution in [2.75, 3.05) is 5.32 Å². The fourth-order valence-corrected chi connectivity index (χ4v) is 2.16. The van der Waals surface area contributed by atoms with Crippen molar-refractivity contribution in [3.63, 3.8) is 0 Å². The summed E-state index contributed by atoms with van der Waals surface area (Å²) >= 11 is 0. The monoisotopic (exact) mass is 310 g/mol. The van der Waals surface area contributed by atoms with E-state index in [-0.39, 0.29) is 10.6 Å². The molecule has 0 spiro atoms. The second-order valence-electron chi connectivity index (χ2n) is 3.64. The maximum Gasteiger partial charge on any atom is 0.471 e. The Morgan fingerprint density at radius 3 is 2.00 bits per heavy atom. The zero-order valence-corrected chi connectivity index (χ0v) is 10.8. The largest absolute Gasteiger partial charge is 0.471 e. The molecule has 20 heavy (non-hydrogen) atoms. The lowest BCUT2D eigenvalue weighted by Gasteiger charge is -2.09. The summed E-state index contributed by atoms with van der Waals surface area (Å²) in [5.74, 6) is -2.98. The van der Waals surface area contributed by atoms with Crippen molar-refractivity contribution in [1.82, 2.24) is 4.72 Å². The molecule has 1 aromatic carbocycles. The van der Waals surface area contributed by atoms with Gasteiger partial charge in [0.05, 0.1) is 4.90 Å². The number of benzene rings is 1. The number of anilines is 1. The van der Waals surface area contributed by atoms with Crippen LogP contribution in [0.5, 0.6) is 0 Å². The third kappa shape index (κ3) is 4.23. The van der Waals surface area contributed by atoms with Crippen molar-refractivity contribution >= 4 is 27.5 Å². The maximum absolute atomic E-state index is 12.0. The highest BCUT2D eigenvalue weighted by molar-refractivity contribution is 7.90. The molecule has 0 atom stereocenters. The highest BCUT2D eigenvalue weighted by Crippen LogP contribution is 2.19. The lowest BCUT2D eigenvalue weighted by atomic mass is 10.3. The van der Waals surface area contributed by atoms with Crippen LogP contribution in [0.25, 0.3) is 0 Å². The molecule has 110 valence electrons. The van der Waals surface area contributed by atoms with Gasteiger partial charge in [-0.3, -0.25) is 9.59 Å². The van der Waals surface area contributed by atoms with E-state index < -0.39 is 28.0 Å². The molecular formula is C10H9F3N2O4S. The topological polar surface area (TPSA) is 92.3 Å². The van der Waals surface area contributed by atoms with Gasteiger partial charge in [-0.1, -0.05) is 0 Å². The van der Waals surface area contributed by atoms with Gasteiger partial charge in [0.1, 0.15) is 0 Å². The Labute approximate surface area is 112 Å². The van der Waals surface area contributed by atoms with Crippen LogP contribution in [0.3, 0.4) is 0 Å². The predicted molar refractivity (Wildman–Crippen MR) is 62.1 cm³/mol. The van der Waals surface area contributed by atoms with Gasteiger partial charge < -0.3 is 5.32 Å². The minimum Gasteiger partial charge on any atom is -0.318 e. The summed E-state index contributed by atoms with van der Waals surface area (Å²) in [5.41, 5.74) is -0.228. The SMILES string of the molecule is CC(=O)NS(=O)(=O)c1ccc(NC(=O)C(F)(F)F)cc1. The number of rotatable bonds is 3. The number of alkyl halides is 3. The second-order valence-corrected chi connectivity index (χ2v) is 5.32. The normalized spacial score (nSPS) is 11.8. The number of amides is 2. The van der Waals surface area contributed by atoms with E-state index in [1.165, 1.54) is 0 Å². The summed E-state index contributed by atoms with van der Waals surface area (Å²) in [6, 6.07) is 3.85. The summed E-state index contributed by atoms with van der Waals surface area (Å²) < 4.78 is 60.7. The van der Waals surface area contributed by atoms with Crippen molar-refractivity contribution in [2.45, 2.75) is 18.0 Å². The minimum atomic E-state index is -5.04. The average Bonchev–Trinajstić information content (AvgIpc) is 2.26. The second kappa shape index (κ2) is 5.49. The Morgan fingerprint density at radius 2 is 1.60 bits per heavy atom. The van der Waals surface area contributed by atoms with Crippen molar-refractivity contribution < 1.29 is 31.2 Å². The lowest BCUT2D eigenvalue weighted by Crippen LogP contribution is -2.30. The van der Waals surface area contributed by atoms with Crippen LogP contribution in [0, 0.1) is 0 Å². The molecule has 0 bridgehead atoms. The zero-order valence-electron chi connectivity index (χ0n) is 9.98. The summed E-state index contributed by atoms with van der Waals surface area (Å²) in [4.78, 5) is 21.0. The minimum absolute atomic E-state index is 0.228. The summed E-state index contributed by atoms with van der Waals surface area (Å²) in [6.45, 7) is 0.996. The smallest absolute Gasteiger partial charge is 0.318 e. The van der Waals surface area contributed by atoms with E-state index >= 15 is 0 Å². The number of hydrogen-bond donors (Lipinski definition) is 2. The Bertz CT molecular complexity index is 623. The van der Waals surface area contributed by atoms with E-state index in [0.717, 1.165) is 31.2 Å². The first-order chi connectivity index (χ1) is 9.02. The molecule has 0 unspecified atom stereocenters. The van der Waals surface area contributed by atoms with Gasteiger partial charge in [0.25, 0.3) is 10.0 Å². The van der Waals surface area contributed by atoms with E-state index in [4.69, 9.17) is 0 Å². The van der Waals surface area contributed by atoms with Crippen LogP contribution in [0.15, 0.2) is 29.2 Å². The summed E-state index contributed by atoms with van der Waals surface area (Å²) in [7, 11) is -4.07. The van der Waals surface area contributed by atoms with Crippen molar-refractivity contribution in [2.24, 2.45) is 0 Å². The summed E-state index contributed by atoms with van der Waals surface area (Å²) in [5, 5.41) is 1.56. The van der Waals surface area contributed by atoms with E-state index in [0.29, 0.717) is 0 Å². The molecule has 2 N–H and O–H groups in total. The highest BCUT2D eigenvalue weighted by atomic mass is 32.2. The van der Waals surface area contributed by atoms with Crippen LogP contribution in [0.4, 0.5) is 18.9 Å². The third-order valence-electron chi connectivity index (χ3n) is 1.96. The fourth-order valence-electron chi connectivity index (χ4n) is 1.17. The van der Waals surface area contributed by atoms with E-state index in [1.54, 1.807) is 10.0 Å². The molecular weight excluding hydrogens is 301 g/mol. The van der Waals surface area contributed by atoms with Crippen LogP contribution >= 0.6 is 0 Å². The molecule has 6 nitrogen and oxygen atoms in total. The number of hydrogen-bond acceptors (Lipinski definition) is 4. The molecule has 0 fully saturated rings. The van der Waals surface area contributed by atoms with Crippen LogP contribution in [0.1, 0.15) is 6.92 Å². The van der Waals surface area contributed by atoms with Crippen molar-refractivity contribution in [3.05, 3.63) is 24.3 Å². The molecule has 0 aliphatic carbocycles. The molecule has 0 heterocycles. The molecule has 1 rings (SSSR count). The van der Waals surface area contributed by atoms with Gasteiger partial charge in [-0.05, 0) is 24.3 Å². The van der Waals surface area contributed by atoms with Gasteiger partial charge in [0.15, 0.2) is 0 Å². The van der Waals surface area contributed by atoms with Gasteiger partial charge in [0.2, 0.25) is 5.91 Å². The molecule has 10 heteroatoms. The molecule has 0 saturated carbocycles. The Hall–Kier alpha value is -2.10. The maximum atomic E-state index is 12.0. The lowest BCUT2D eigenvalue weighted by molar-refractivity contribution is -0.167. The van der Waals surface area contributed by atoms with Gasteiger partial charge >= 0.3 is 12.1 Å². The fraction of sp³-hybridized carbons (Fsp3) is 0.200. The first kappa shape index (κ1) is 16.0. The van der Waals surface area contributed by atoms with E-state index in [2.05, 4.69) is 0 Å². The van der Waals surface area contributed by atoms with Gasteiger partial charge in [0, 0.05) is 12.6 Å². The third-order valence-corrected chi connectivity index (χ3v) is 3.41. The molecule has 1 aromatic rings. The molecule has 0 radical (unpaired) electrons. The van der Waals surface area contributed by atoms with Crippen molar-refractivity contribution in [3.8, 4) is 0 Å². The molecule has 0 saturated heterocycles.